The number of hydrogen-bond donors (Lipinski definition) is 0. The van der Waals surface area contributed by atoms with Crippen molar-refractivity contribution in [3.8, 4) is 11.5 Å². The van der Waals surface area contributed by atoms with Crippen LogP contribution in [0.5, 0.6) is 11.5 Å². The number of fused-ring (bicyclic) bond motifs is 1. The van der Waals surface area contributed by atoms with Crippen LogP contribution < -0.4 is 9.47 Å². The second kappa shape index (κ2) is 3.79. The Morgan fingerprint density at radius 1 is 1.29 bits per heavy atom. The van der Waals surface area contributed by atoms with Crippen LogP contribution in [-0.2, 0) is 6.54 Å². The highest BCUT2D eigenvalue weighted by Gasteiger charge is 2.16. The molecule has 0 unspecified atom stereocenters. The van der Waals surface area contributed by atoms with Crippen LogP contribution >= 0.6 is 15.9 Å². The van der Waals surface area contributed by atoms with Gasteiger partial charge in [0, 0.05) is 11.0 Å². The van der Waals surface area contributed by atoms with Crippen molar-refractivity contribution in [2.75, 3.05) is 20.9 Å². The number of halogens is 1. The SMILES string of the molecule is CN(C)Cc1cc2c(cc1Br)OCO2. The fraction of sp³-hybridized carbons (Fsp3) is 0.400. The van der Waals surface area contributed by atoms with E-state index in [1.807, 2.05) is 26.2 Å². The normalized spacial score (nSPS) is 13.7. The Morgan fingerprint density at radius 3 is 2.57 bits per heavy atom. The molecule has 0 aliphatic carbocycles. The largest absolute Gasteiger partial charge is 0.454 e. The van der Waals surface area contributed by atoms with Gasteiger partial charge in [0.1, 0.15) is 0 Å². The summed E-state index contributed by atoms with van der Waals surface area (Å²) in [4.78, 5) is 2.11. The zero-order valence-corrected chi connectivity index (χ0v) is 9.80. The molecule has 1 aliphatic rings. The van der Waals surface area contributed by atoms with Crippen molar-refractivity contribution in [3.63, 3.8) is 0 Å². The molecule has 0 spiro atoms. The summed E-state index contributed by atoms with van der Waals surface area (Å²) in [5.41, 5.74) is 1.21. The maximum atomic E-state index is 5.31. The molecule has 2 rings (SSSR count). The van der Waals surface area contributed by atoms with Gasteiger partial charge >= 0.3 is 0 Å². The summed E-state index contributed by atoms with van der Waals surface area (Å²) in [5, 5.41) is 0. The highest BCUT2D eigenvalue weighted by atomic mass is 79.9. The van der Waals surface area contributed by atoms with E-state index in [1.54, 1.807) is 0 Å². The maximum Gasteiger partial charge on any atom is 0.231 e. The molecule has 0 N–H and O–H groups in total. The van der Waals surface area contributed by atoms with Crippen LogP contribution in [0, 0.1) is 0 Å². The van der Waals surface area contributed by atoms with Crippen LogP contribution in [0.15, 0.2) is 16.6 Å². The first-order chi connectivity index (χ1) is 6.66. The summed E-state index contributed by atoms with van der Waals surface area (Å²) >= 11 is 3.52. The van der Waals surface area contributed by atoms with Crippen LogP contribution in [0.4, 0.5) is 0 Å². The molecule has 1 aliphatic heterocycles. The average Bonchev–Trinajstić information content (AvgIpc) is 2.51. The van der Waals surface area contributed by atoms with Crippen molar-refractivity contribution in [2.24, 2.45) is 0 Å². The fourth-order valence-electron chi connectivity index (χ4n) is 1.42. The van der Waals surface area contributed by atoms with Gasteiger partial charge in [0.05, 0.1) is 0 Å². The second-order valence-electron chi connectivity index (χ2n) is 3.53. The standard InChI is InChI=1S/C10H12BrNO2/c1-12(2)5-7-3-9-10(4-8(7)11)14-6-13-9/h3-4H,5-6H2,1-2H3. The molecule has 4 heteroatoms. The summed E-state index contributed by atoms with van der Waals surface area (Å²) < 4.78 is 11.7. The zero-order valence-electron chi connectivity index (χ0n) is 8.21. The van der Waals surface area contributed by atoms with Crippen molar-refractivity contribution in [1.29, 1.82) is 0 Å². The Bertz CT molecular complexity index is 352. The molecule has 1 aromatic carbocycles. The van der Waals surface area contributed by atoms with Gasteiger partial charge in [-0.3, -0.25) is 0 Å². The predicted molar refractivity (Wildman–Crippen MR) is 57.7 cm³/mol. The van der Waals surface area contributed by atoms with Crippen molar-refractivity contribution < 1.29 is 9.47 Å². The third-order valence-corrected chi connectivity index (χ3v) is 2.77. The minimum Gasteiger partial charge on any atom is -0.454 e. The molecule has 0 radical (unpaired) electrons. The third-order valence-electron chi connectivity index (χ3n) is 2.03. The lowest BCUT2D eigenvalue weighted by Crippen LogP contribution is -2.10. The van der Waals surface area contributed by atoms with Crippen LogP contribution in [0.3, 0.4) is 0 Å². The van der Waals surface area contributed by atoms with Crippen LogP contribution in [-0.4, -0.2) is 25.8 Å². The molecule has 14 heavy (non-hydrogen) atoms. The number of ether oxygens (including phenoxy) is 2. The van der Waals surface area contributed by atoms with Gasteiger partial charge in [-0.15, -0.1) is 0 Å². The smallest absolute Gasteiger partial charge is 0.231 e. The Morgan fingerprint density at radius 2 is 1.93 bits per heavy atom. The summed E-state index contributed by atoms with van der Waals surface area (Å²) in [6.07, 6.45) is 0. The lowest BCUT2D eigenvalue weighted by molar-refractivity contribution is 0.174. The lowest BCUT2D eigenvalue weighted by atomic mass is 10.2. The minimum atomic E-state index is 0.327. The molecule has 0 aromatic heterocycles. The molecule has 1 aromatic rings. The van der Waals surface area contributed by atoms with E-state index < -0.39 is 0 Å². The predicted octanol–water partition coefficient (Wildman–Crippen LogP) is 2.24. The van der Waals surface area contributed by atoms with Gasteiger partial charge in [0.2, 0.25) is 6.79 Å². The Balaban J connectivity index is 2.32. The van der Waals surface area contributed by atoms with Crippen LogP contribution in [0.2, 0.25) is 0 Å². The lowest BCUT2D eigenvalue weighted by Gasteiger charge is -2.11. The van der Waals surface area contributed by atoms with Crippen LogP contribution in [0.25, 0.3) is 0 Å². The third kappa shape index (κ3) is 1.86. The van der Waals surface area contributed by atoms with Crippen molar-refractivity contribution in [3.05, 3.63) is 22.2 Å². The molecule has 0 amide bonds. The van der Waals surface area contributed by atoms with E-state index in [1.165, 1.54) is 5.56 Å². The molecule has 0 fully saturated rings. The van der Waals surface area contributed by atoms with Gasteiger partial charge in [-0.2, -0.15) is 0 Å². The Hall–Kier alpha value is -0.740. The molecule has 0 saturated heterocycles. The zero-order chi connectivity index (χ0) is 10.1. The second-order valence-corrected chi connectivity index (χ2v) is 4.39. The van der Waals surface area contributed by atoms with E-state index >= 15 is 0 Å². The van der Waals surface area contributed by atoms with E-state index in [-0.39, 0.29) is 0 Å². The van der Waals surface area contributed by atoms with Gasteiger partial charge in [0.25, 0.3) is 0 Å². The highest BCUT2D eigenvalue weighted by Crippen LogP contribution is 2.37. The molecule has 0 bridgehead atoms. The van der Waals surface area contributed by atoms with Crippen molar-refractivity contribution in [2.45, 2.75) is 6.54 Å². The van der Waals surface area contributed by atoms with Gasteiger partial charge < -0.3 is 14.4 Å². The van der Waals surface area contributed by atoms with Gasteiger partial charge in [-0.1, -0.05) is 15.9 Å². The quantitative estimate of drug-likeness (QED) is 0.812. The summed E-state index contributed by atoms with van der Waals surface area (Å²) in [6, 6.07) is 3.98. The number of nitrogens with zero attached hydrogens (tertiary/aromatic N) is 1. The van der Waals surface area contributed by atoms with E-state index in [0.29, 0.717) is 6.79 Å². The summed E-state index contributed by atoms with van der Waals surface area (Å²) in [6.45, 7) is 1.21. The minimum absolute atomic E-state index is 0.327. The van der Waals surface area contributed by atoms with Gasteiger partial charge in [0.15, 0.2) is 11.5 Å². The first-order valence-corrected chi connectivity index (χ1v) is 5.19. The van der Waals surface area contributed by atoms with Crippen molar-refractivity contribution >= 4 is 15.9 Å². The monoisotopic (exact) mass is 257 g/mol. The van der Waals surface area contributed by atoms with E-state index in [2.05, 4.69) is 20.8 Å². The van der Waals surface area contributed by atoms with E-state index in [9.17, 15) is 0 Å². The van der Waals surface area contributed by atoms with E-state index in [4.69, 9.17) is 9.47 Å². The molecule has 3 nitrogen and oxygen atoms in total. The van der Waals surface area contributed by atoms with E-state index in [0.717, 1.165) is 22.5 Å². The van der Waals surface area contributed by atoms with Crippen LogP contribution in [0.1, 0.15) is 5.56 Å². The van der Waals surface area contributed by atoms with Gasteiger partial charge in [-0.05, 0) is 31.8 Å². The number of rotatable bonds is 2. The summed E-state index contributed by atoms with van der Waals surface area (Å²) in [7, 11) is 4.08. The Kier molecular flexibility index (Phi) is 2.65. The Labute approximate surface area is 91.7 Å². The van der Waals surface area contributed by atoms with Crippen molar-refractivity contribution in [1.82, 2.24) is 4.90 Å². The molecular formula is C10H12BrNO2. The summed E-state index contributed by atoms with van der Waals surface area (Å²) in [5.74, 6) is 1.66. The molecular weight excluding hydrogens is 246 g/mol. The molecule has 1 heterocycles. The van der Waals surface area contributed by atoms with Gasteiger partial charge in [-0.25, -0.2) is 0 Å². The number of hydrogen-bond acceptors (Lipinski definition) is 3. The topological polar surface area (TPSA) is 21.7 Å². The fourth-order valence-corrected chi connectivity index (χ4v) is 1.87. The average molecular weight is 258 g/mol. The first-order valence-electron chi connectivity index (χ1n) is 4.39. The highest BCUT2D eigenvalue weighted by molar-refractivity contribution is 9.10. The molecule has 76 valence electrons. The number of benzene rings is 1. The maximum absolute atomic E-state index is 5.31. The molecule has 0 saturated carbocycles. The molecule has 0 atom stereocenters. The first kappa shape index (κ1) is 9.80.